The Bertz CT molecular complexity index is 799. The minimum atomic E-state index is -2.84. The van der Waals surface area contributed by atoms with Gasteiger partial charge in [0.2, 0.25) is 0 Å². The molecule has 1 unspecified atom stereocenters. The van der Waals surface area contributed by atoms with Crippen molar-refractivity contribution in [3.05, 3.63) is 57.3 Å². The van der Waals surface area contributed by atoms with E-state index in [1.54, 1.807) is 25.1 Å². The van der Waals surface area contributed by atoms with Gasteiger partial charge in [-0.2, -0.15) is 8.78 Å². The Morgan fingerprint density at radius 3 is 2.88 bits per heavy atom. The third kappa shape index (κ3) is 3.84. The lowest BCUT2D eigenvalue weighted by molar-refractivity contribution is -0.385. The summed E-state index contributed by atoms with van der Waals surface area (Å²) in [5, 5.41) is 14.2. The van der Waals surface area contributed by atoms with Crippen molar-refractivity contribution in [1.82, 2.24) is 4.98 Å². The van der Waals surface area contributed by atoms with Crippen LogP contribution in [0.3, 0.4) is 0 Å². The Labute approximate surface area is 143 Å². The van der Waals surface area contributed by atoms with Crippen molar-refractivity contribution in [1.29, 1.82) is 0 Å². The molecule has 6 nitrogen and oxygen atoms in total. The molecule has 1 aliphatic rings. The maximum absolute atomic E-state index is 12.4. The molecular weight excluding hydrogens is 332 g/mol. The highest BCUT2D eigenvalue weighted by molar-refractivity contribution is 5.49. The molecule has 1 N–H and O–H groups in total. The lowest BCUT2D eigenvalue weighted by Gasteiger charge is -2.27. The Morgan fingerprint density at radius 1 is 1.40 bits per heavy atom. The van der Waals surface area contributed by atoms with E-state index in [1.807, 2.05) is 0 Å². The van der Waals surface area contributed by atoms with Crippen LogP contribution >= 0.6 is 0 Å². The molecule has 25 heavy (non-hydrogen) atoms. The highest BCUT2D eigenvalue weighted by atomic mass is 19.3. The van der Waals surface area contributed by atoms with Gasteiger partial charge in [0.05, 0.1) is 11.0 Å². The molecule has 0 bridgehead atoms. The molecule has 0 fully saturated rings. The molecule has 0 saturated carbocycles. The number of nitrogens with one attached hydrogen (secondary N) is 1. The summed E-state index contributed by atoms with van der Waals surface area (Å²) in [7, 11) is 0. The number of nitro groups is 1. The number of alkyl halides is 2. The van der Waals surface area contributed by atoms with E-state index in [9.17, 15) is 18.9 Å². The lowest BCUT2D eigenvalue weighted by atomic mass is 9.87. The highest BCUT2D eigenvalue weighted by Gasteiger charge is 2.22. The first kappa shape index (κ1) is 17.1. The van der Waals surface area contributed by atoms with Gasteiger partial charge in [0.25, 0.3) is 5.69 Å². The van der Waals surface area contributed by atoms with Crippen LogP contribution in [0.1, 0.15) is 35.6 Å². The first-order chi connectivity index (χ1) is 11.9. The van der Waals surface area contributed by atoms with Crippen LogP contribution in [-0.4, -0.2) is 16.5 Å². The predicted octanol–water partition coefficient (Wildman–Crippen LogP) is 4.39. The topological polar surface area (TPSA) is 77.3 Å². The molecule has 8 heteroatoms. The zero-order chi connectivity index (χ0) is 18.0. The molecule has 0 spiro atoms. The smallest absolute Gasteiger partial charge is 0.387 e. The SMILES string of the molecule is Cc1cc(NC2CCCc3cc(OC(F)F)ccc32)ncc1[N+](=O)[O-]. The summed E-state index contributed by atoms with van der Waals surface area (Å²) in [5.41, 5.74) is 2.47. The van der Waals surface area contributed by atoms with E-state index in [-0.39, 0.29) is 17.5 Å². The Balaban J connectivity index is 1.81. The number of aryl methyl sites for hydroxylation is 2. The van der Waals surface area contributed by atoms with Crippen molar-refractivity contribution in [3.8, 4) is 5.75 Å². The Kier molecular flexibility index (Phi) is 4.78. The summed E-state index contributed by atoms with van der Waals surface area (Å²) in [6, 6.07) is 6.56. The van der Waals surface area contributed by atoms with Gasteiger partial charge < -0.3 is 10.1 Å². The normalized spacial score (nSPS) is 16.4. The molecule has 1 aromatic heterocycles. The van der Waals surface area contributed by atoms with Gasteiger partial charge >= 0.3 is 6.61 Å². The molecule has 1 aromatic carbocycles. The standard InChI is InChI=1S/C17H17F2N3O3/c1-10-7-16(20-9-15(10)22(23)24)21-14-4-2-3-11-8-12(25-17(18)19)5-6-13(11)14/h5-9,14,17H,2-4H2,1H3,(H,20,21). The first-order valence-electron chi connectivity index (χ1n) is 7.89. The summed E-state index contributed by atoms with van der Waals surface area (Å²) >= 11 is 0. The number of hydrogen-bond donors (Lipinski definition) is 1. The van der Waals surface area contributed by atoms with Crippen molar-refractivity contribution < 1.29 is 18.4 Å². The monoisotopic (exact) mass is 349 g/mol. The second-order valence-corrected chi connectivity index (χ2v) is 5.94. The van der Waals surface area contributed by atoms with Crippen LogP contribution in [0, 0.1) is 17.0 Å². The molecule has 1 heterocycles. The molecule has 0 amide bonds. The molecule has 0 saturated heterocycles. The molecule has 132 valence electrons. The number of anilines is 1. The fraction of sp³-hybridized carbons (Fsp3) is 0.353. The van der Waals surface area contributed by atoms with Crippen molar-refractivity contribution in [2.24, 2.45) is 0 Å². The summed E-state index contributed by atoms with van der Waals surface area (Å²) < 4.78 is 29.2. The first-order valence-corrected chi connectivity index (χ1v) is 7.89. The van der Waals surface area contributed by atoms with Gasteiger partial charge in [-0.3, -0.25) is 10.1 Å². The number of nitrogens with zero attached hydrogens (tertiary/aromatic N) is 2. The van der Waals surface area contributed by atoms with Crippen molar-refractivity contribution >= 4 is 11.5 Å². The second kappa shape index (κ2) is 7.00. The number of pyridine rings is 1. The van der Waals surface area contributed by atoms with Gasteiger partial charge in [-0.1, -0.05) is 6.07 Å². The summed E-state index contributed by atoms with van der Waals surface area (Å²) in [6.45, 7) is -1.18. The van der Waals surface area contributed by atoms with Crippen LogP contribution in [0.2, 0.25) is 0 Å². The fourth-order valence-corrected chi connectivity index (χ4v) is 3.11. The van der Waals surface area contributed by atoms with E-state index in [2.05, 4.69) is 15.0 Å². The molecule has 0 radical (unpaired) electrons. The van der Waals surface area contributed by atoms with E-state index in [0.717, 1.165) is 30.4 Å². The molecule has 2 aromatic rings. The number of halogens is 2. The van der Waals surface area contributed by atoms with Crippen LogP contribution in [-0.2, 0) is 6.42 Å². The lowest BCUT2D eigenvalue weighted by Crippen LogP contribution is -2.18. The fourth-order valence-electron chi connectivity index (χ4n) is 3.11. The van der Waals surface area contributed by atoms with E-state index in [1.165, 1.54) is 12.3 Å². The zero-order valence-electron chi connectivity index (χ0n) is 13.5. The van der Waals surface area contributed by atoms with Crippen molar-refractivity contribution in [3.63, 3.8) is 0 Å². The van der Waals surface area contributed by atoms with Crippen LogP contribution in [0.15, 0.2) is 30.5 Å². The number of benzene rings is 1. The van der Waals surface area contributed by atoms with E-state index >= 15 is 0 Å². The largest absolute Gasteiger partial charge is 0.435 e. The molecule has 3 rings (SSSR count). The van der Waals surface area contributed by atoms with E-state index < -0.39 is 11.5 Å². The average Bonchev–Trinajstić information content (AvgIpc) is 2.54. The number of fused-ring (bicyclic) bond motifs is 1. The maximum atomic E-state index is 12.4. The quantitative estimate of drug-likeness (QED) is 0.640. The highest BCUT2D eigenvalue weighted by Crippen LogP contribution is 2.35. The van der Waals surface area contributed by atoms with Gasteiger partial charge in [0.1, 0.15) is 17.8 Å². The van der Waals surface area contributed by atoms with Gasteiger partial charge in [-0.25, -0.2) is 4.98 Å². The average molecular weight is 349 g/mol. The van der Waals surface area contributed by atoms with Gasteiger partial charge in [0, 0.05) is 5.56 Å². The van der Waals surface area contributed by atoms with Crippen molar-refractivity contribution in [2.45, 2.75) is 38.8 Å². The minimum Gasteiger partial charge on any atom is -0.435 e. The van der Waals surface area contributed by atoms with E-state index in [4.69, 9.17) is 0 Å². The summed E-state index contributed by atoms with van der Waals surface area (Å²) in [6.07, 6.45) is 3.79. The van der Waals surface area contributed by atoms with Gasteiger partial charge in [-0.15, -0.1) is 0 Å². The summed E-state index contributed by atoms with van der Waals surface area (Å²) in [5.74, 6) is 0.701. The third-order valence-corrected chi connectivity index (χ3v) is 4.26. The van der Waals surface area contributed by atoms with Gasteiger partial charge in [-0.05, 0) is 55.5 Å². The second-order valence-electron chi connectivity index (χ2n) is 5.94. The zero-order valence-corrected chi connectivity index (χ0v) is 13.5. The number of hydrogen-bond acceptors (Lipinski definition) is 5. The van der Waals surface area contributed by atoms with Crippen LogP contribution in [0.25, 0.3) is 0 Å². The Hall–Kier alpha value is -2.77. The number of ether oxygens (including phenoxy) is 1. The van der Waals surface area contributed by atoms with Crippen molar-refractivity contribution in [2.75, 3.05) is 5.32 Å². The number of rotatable bonds is 5. The Morgan fingerprint density at radius 2 is 2.20 bits per heavy atom. The van der Waals surface area contributed by atoms with Crippen LogP contribution < -0.4 is 10.1 Å². The minimum absolute atomic E-state index is 0.0246. The molecular formula is C17H17F2N3O3. The predicted molar refractivity (Wildman–Crippen MR) is 88.0 cm³/mol. The molecule has 1 atom stereocenters. The molecule has 1 aliphatic carbocycles. The summed E-state index contributed by atoms with van der Waals surface area (Å²) in [4.78, 5) is 14.5. The maximum Gasteiger partial charge on any atom is 0.387 e. The third-order valence-electron chi connectivity index (χ3n) is 4.26. The van der Waals surface area contributed by atoms with Crippen LogP contribution in [0.5, 0.6) is 5.75 Å². The van der Waals surface area contributed by atoms with Crippen LogP contribution in [0.4, 0.5) is 20.3 Å². The molecule has 0 aliphatic heterocycles. The van der Waals surface area contributed by atoms with E-state index in [0.29, 0.717) is 11.4 Å². The number of aromatic nitrogens is 1. The van der Waals surface area contributed by atoms with Gasteiger partial charge in [0.15, 0.2) is 0 Å².